The number of unbranched alkanes of at least 4 members (excludes halogenated alkanes) is 1. The summed E-state index contributed by atoms with van der Waals surface area (Å²) in [4.78, 5) is 13.9. The zero-order valence-corrected chi connectivity index (χ0v) is 14.4. The van der Waals surface area contributed by atoms with Gasteiger partial charge in [-0.25, -0.2) is 4.79 Å². The molecule has 1 amide bonds. The first-order valence-corrected chi connectivity index (χ1v) is 8.71. The van der Waals surface area contributed by atoms with Gasteiger partial charge in [0.05, 0.1) is 6.61 Å². The van der Waals surface area contributed by atoms with Gasteiger partial charge in [-0.3, -0.25) is 0 Å². The van der Waals surface area contributed by atoms with Gasteiger partial charge >= 0.3 is 6.09 Å². The molecule has 1 saturated heterocycles. The number of rotatable bonds is 8. The fourth-order valence-electron chi connectivity index (χ4n) is 2.99. The molecule has 0 radical (unpaired) electrons. The molecule has 1 fully saturated rings. The van der Waals surface area contributed by atoms with Crippen LogP contribution in [0.4, 0.5) is 4.79 Å². The minimum Gasteiger partial charge on any atom is -0.450 e. The van der Waals surface area contributed by atoms with E-state index in [0.717, 1.165) is 25.6 Å². The van der Waals surface area contributed by atoms with Crippen molar-refractivity contribution in [3.8, 4) is 0 Å². The van der Waals surface area contributed by atoms with Crippen molar-refractivity contribution < 1.29 is 9.53 Å². The first-order chi connectivity index (χ1) is 10.1. The summed E-state index contributed by atoms with van der Waals surface area (Å²) in [6.07, 6.45) is 5.93. The predicted molar refractivity (Wildman–Crippen MR) is 87.5 cm³/mol. The fourth-order valence-corrected chi connectivity index (χ4v) is 2.99. The molecule has 1 aliphatic rings. The molecule has 1 aliphatic heterocycles. The van der Waals surface area contributed by atoms with Crippen molar-refractivity contribution in [3.63, 3.8) is 0 Å². The van der Waals surface area contributed by atoms with Crippen molar-refractivity contribution in [2.45, 2.75) is 65.8 Å². The summed E-state index contributed by atoms with van der Waals surface area (Å²) in [6, 6.07) is 0.420. The van der Waals surface area contributed by atoms with E-state index >= 15 is 0 Å². The number of carbonyl (C=O) groups is 1. The number of piperidine rings is 1. The van der Waals surface area contributed by atoms with Gasteiger partial charge in [-0.1, -0.05) is 33.6 Å². The SMILES string of the molecule is CCCCC1CC(NCCC(C)C)CN(C(=O)OCC)C1. The van der Waals surface area contributed by atoms with E-state index in [2.05, 4.69) is 26.1 Å². The normalized spacial score (nSPS) is 22.6. The highest BCUT2D eigenvalue weighted by atomic mass is 16.6. The lowest BCUT2D eigenvalue weighted by Crippen LogP contribution is -2.51. The molecule has 1 rings (SSSR count). The first kappa shape index (κ1) is 18.3. The van der Waals surface area contributed by atoms with Crippen molar-refractivity contribution in [3.05, 3.63) is 0 Å². The Kier molecular flexibility index (Phi) is 8.74. The molecule has 0 spiro atoms. The van der Waals surface area contributed by atoms with E-state index in [4.69, 9.17) is 4.74 Å². The Labute approximate surface area is 130 Å². The summed E-state index contributed by atoms with van der Waals surface area (Å²) in [7, 11) is 0. The molecule has 4 nitrogen and oxygen atoms in total. The van der Waals surface area contributed by atoms with Crippen molar-refractivity contribution in [1.29, 1.82) is 0 Å². The Hall–Kier alpha value is -0.770. The molecule has 2 unspecified atom stereocenters. The van der Waals surface area contributed by atoms with Crippen molar-refractivity contribution in [2.24, 2.45) is 11.8 Å². The maximum Gasteiger partial charge on any atom is 0.409 e. The second kappa shape index (κ2) is 10.0. The Morgan fingerprint density at radius 3 is 2.71 bits per heavy atom. The minimum absolute atomic E-state index is 0.144. The summed E-state index contributed by atoms with van der Waals surface area (Å²) in [5.74, 6) is 1.33. The van der Waals surface area contributed by atoms with Crippen LogP contribution in [-0.2, 0) is 4.74 Å². The summed E-state index contributed by atoms with van der Waals surface area (Å²) >= 11 is 0. The third kappa shape index (κ3) is 7.16. The molecule has 124 valence electrons. The second-order valence-corrected chi connectivity index (χ2v) is 6.68. The number of nitrogens with one attached hydrogen (secondary N) is 1. The number of amides is 1. The second-order valence-electron chi connectivity index (χ2n) is 6.68. The van der Waals surface area contributed by atoms with Gasteiger partial charge in [0, 0.05) is 19.1 Å². The Morgan fingerprint density at radius 2 is 2.10 bits per heavy atom. The van der Waals surface area contributed by atoms with E-state index in [1.54, 1.807) is 0 Å². The molecule has 1 N–H and O–H groups in total. The number of hydrogen-bond acceptors (Lipinski definition) is 3. The van der Waals surface area contributed by atoms with Crippen molar-refractivity contribution >= 4 is 6.09 Å². The van der Waals surface area contributed by atoms with Crippen LogP contribution in [0.3, 0.4) is 0 Å². The Balaban J connectivity index is 2.50. The lowest BCUT2D eigenvalue weighted by atomic mass is 9.90. The predicted octanol–water partition coefficient (Wildman–Crippen LogP) is 3.66. The Bertz CT molecular complexity index is 295. The molecule has 1 heterocycles. The van der Waals surface area contributed by atoms with Gasteiger partial charge < -0.3 is 15.0 Å². The average Bonchev–Trinajstić information content (AvgIpc) is 2.45. The maximum absolute atomic E-state index is 12.0. The summed E-state index contributed by atoms with van der Waals surface area (Å²) < 4.78 is 5.18. The zero-order valence-electron chi connectivity index (χ0n) is 14.4. The molecule has 0 aliphatic carbocycles. The third-order valence-electron chi connectivity index (χ3n) is 4.18. The number of nitrogens with zero attached hydrogens (tertiary/aromatic N) is 1. The largest absolute Gasteiger partial charge is 0.450 e. The van der Waals surface area contributed by atoms with Crippen molar-refractivity contribution in [2.75, 3.05) is 26.2 Å². The quantitative estimate of drug-likeness (QED) is 0.743. The van der Waals surface area contributed by atoms with Crippen LogP contribution in [0.25, 0.3) is 0 Å². The zero-order chi connectivity index (χ0) is 15.7. The van der Waals surface area contributed by atoms with E-state index in [-0.39, 0.29) is 6.09 Å². The minimum atomic E-state index is -0.144. The molecular formula is C17H34N2O2. The van der Waals surface area contributed by atoms with Gasteiger partial charge in [-0.2, -0.15) is 0 Å². The topological polar surface area (TPSA) is 41.6 Å². The van der Waals surface area contributed by atoms with Crippen LogP contribution in [-0.4, -0.2) is 43.3 Å². The third-order valence-corrected chi connectivity index (χ3v) is 4.18. The highest BCUT2D eigenvalue weighted by molar-refractivity contribution is 5.67. The van der Waals surface area contributed by atoms with Crippen LogP contribution in [0, 0.1) is 11.8 Å². The van der Waals surface area contributed by atoms with E-state index < -0.39 is 0 Å². The number of likely N-dealkylation sites (tertiary alicyclic amines) is 1. The summed E-state index contributed by atoms with van der Waals surface area (Å²) in [6.45, 7) is 11.7. The van der Waals surface area contributed by atoms with Gasteiger partial charge in [0.2, 0.25) is 0 Å². The van der Waals surface area contributed by atoms with Crippen LogP contribution in [0.2, 0.25) is 0 Å². The van der Waals surface area contributed by atoms with Gasteiger partial charge in [0.25, 0.3) is 0 Å². The van der Waals surface area contributed by atoms with Crippen molar-refractivity contribution in [1.82, 2.24) is 10.2 Å². The molecule has 0 aromatic rings. The van der Waals surface area contributed by atoms with Crippen LogP contribution in [0.15, 0.2) is 0 Å². The van der Waals surface area contributed by atoms with Gasteiger partial charge in [-0.05, 0) is 44.6 Å². The van der Waals surface area contributed by atoms with Gasteiger partial charge in [-0.15, -0.1) is 0 Å². The van der Waals surface area contributed by atoms with Crippen LogP contribution < -0.4 is 5.32 Å². The molecule has 0 aromatic heterocycles. The Morgan fingerprint density at radius 1 is 1.33 bits per heavy atom. The number of ether oxygens (including phenoxy) is 1. The maximum atomic E-state index is 12.0. The van der Waals surface area contributed by atoms with Gasteiger partial charge in [0.15, 0.2) is 0 Å². The lowest BCUT2D eigenvalue weighted by molar-refractivity contribution is 0.0768. The standard InChI is InChI=1S/C17H34N2O2/c1-5-7-8-15-11-16(18-10-9-14(3)4)13-19(12-15)17(20)21-6-2/h14-16,18H,5-13H2,1-4H3. The number of carbonyl (C=O) groups excluding carboxylic acids is 1. The molecule has 0 aromatic carbocycles. The first-order valence-electron chi connectivity index (χ1n) is 8.71. The molecule has 2 atom stereocenters. The van der Waals surface area contributed by atoms with E-state index in [0.29, 0.717) is 18.6 Å². The van der Waals surface area contributed by atoms with E-state index in [1.807, 2.05) is 11.8 Å². The van der Waals surface area contributed by atoms with Crippen LogP contribution in [0.1, 0.15) is 59.8 Å². The smallest absolute Gasteiger partial charge is 0.409 e. The summed E-state index contributed by atoms with van der Waals surface area (Å²) in [5, 5.41) is 3.64. The molecule has 4 heteroatoms. The fraction of sp³-hybridized carbons (Fsp3) is 0.941. The van der Waals surface area contributed by atoms with E-state index in [9.17, 15) is 4.79 Å². The molecule has 21 heavy (non-hydrogen) atoms. The highest BCUT2D eigenvalue weighted by Gasteiger charge is 2.30. The lowest BCUT2D eigenvalue weighted by Gasteiger charge is -2.37. The van der Waals surface area contributed by atoms with Gasteiger partial charge in [0.1, 0.15) is 0 Å². The molecule has 0 bridgehead atoms. The summed E-state index contributed by atoms with van der Waals surface area (Å²) in [5.41, 5.74) is 0. The van der Waals surface area contributed by atoms with Crippen LogP contribution >= 0.6 is 0 Å². The van der Waals surface area contributed by atoms with Crippen LogP contribution in [0.5, 0.6) is 0 Å². The highest BCUT2D eigenvalue weighted by Crippen LogP contribution is 2.23. The molecule has 0 saturated carbocycles. The monoisotopic (exact) mass is 298 g/mol. The number of hydrogen-bond donors (Lipinski definition) is 1. The van der Waals surface area contributed by atoms with E-state index in [1.165, 1.54) is 32.1 Å². The average molecular weight is 298 g/mol. The molecular weight excluding hydrogens is 264 g/mol.